The number of aliphatic hydroxyl groups excluding tert-OH is 1. The second-order valence-corrected chi connectivity index (χ2v) is 10.9. The first kappa shape index (κ1) is 29.2. The third-order valence-electron chi connectivity index (χ3n) is 8.15. The first-order valence-electron chi connectivity index (χ1n) is 13.4. The van der Waals surface area contributed by atoms with Crippen LogP contribution in [0.1, 0.15) is 62.1 Å². The molecule has 0 radical (unpaired) electrons. The molecule has 1 aliphatic carbocycles. The summed E-state index contributed by atoms with van der Waals surface area (Å²) in [5, 5.41) is 14.3. The number of anilines is 1. The van der Waals surface area contributed by atoms with Crippen molar-refractivity contribution in [3.05, 3.63) is 58.6 Å². The third-order valence-corrected chi connectivity index (χ3v) is 8.39. The van der Waals surface area contributed by atoms with Gasteiger partial charge < -0.3 is 20.9 Å². The minimum absolute atomic E-state index is 0.00449. The fraction of sp³-hybridized carbons (Fsp3) is 0.517. The van der Waals surface area contributed by atoms with Crippen molar-refractivity contribution in [1.29, 1.82) is 0 Å². The minimum atomic E-state index is -2.78. The van der Waals surface area contributed by atoms with E-state index in [9.17, 15) is 23.5 Å². The van der Waals surface area contributed by atoms with Crippen molar-refractivity contribution in [3.8, 4) is 5.75 Å². The molecule has 7 nitrogen and oxygen atoms in total. The Labute approximate surface area is 232 Å². The average molecular weight is 564 g/mol. The van der Waals surface area contributed by atoms with E-state index in [0.717, 1.165) is 19.3 Å². The van der Waals surface area contributed by atoms with Gasteiger partial charge in [-0.15, -0.1) is 0 Å². The van der Waals surface area contributed by atoms with Gasteiger partial charge in [-0.3, -0.25) is 14.5 Å². The topological polar surface area (TPSA) is 105 Å². The number of nitrogens with zero attached hydrogens (tertiary/aromatic N) is 1. The van der Waals surface area contributed by atoms with Gasteiger partial charge in [-0.05, 0) is 79.1 Å². The zero-order chi connectivity index (χ0) is 28.2. The molecule has 0 spiro atoms. The van der Waals surface area contributed by atoms with Crippen LogP contribution in [0.4, 0.5) is 14.5 Å². The van der Waals surface area contributed by atoms with E-state index in [4.69, 9.17) is 22.1 Å². The maximum atomic E-state index is 14.4. The number of hydrogen-bond donors (Lipinski definition) is 3. The highest BCUT2D eigenvalue weighted by atomic mass is 35.5. The van der Waals surface area contributed by atoms with Gasteiger partial charge in [0.2, 0.25) is 5.91 Å². The normalized spacial score (nSPS) is 22.0. The largest absolute Gasteiger partial charge is 0.497 e. The summed E-state index contributed by atoms with van der Waals surface area (Å²) in [5.41, 5.74) is 5.36. The number of ether oxygens (including phenoxy) is 1. The number of rotatable bonds is 11. The molecule has 0 bridgehead atoms. The van der Waals surface area contributed by atoms with Crippen molar-refractivity contribution in [2.45, 2.75) is 75.6 Å². The van der Waals surface area contributed by atoms with E-state index < -0.39 is 35.8 Å². The van der Waals surface area contributed by atoms with Crippen LogP contribution in [0.3, 0.4) is 0 Å². The van der Waals surface area contributed by atoms with Crippen LogP contribution >= 0.6 is 11.6 Å². The number of halogens is 3. The minimum Gasteiger partial charge on any atom is -0.497 e. The molecule has 212 valence electrons. The van der Waals surface area contributed by atoms with Crippen LogP contribution in [-0.2, 0) is 16.1 Å². The van der Waals surface area contributed by atoms with Gasteiger partial charge in [0.15, 0.2) is 11.3 Å². The zero-order valence-corrected chi connectivity index (χ0v) is 22.8. The number of benzene rings is 2. The van der Waals surface area contributed by atoms with Gasteiger partial charge in [-0.1, -0.05) is 36.9 Å². The lowest BCUT2D eigenvalue weighted by Crippen LogP contribution is -2.62. The number of alkyl halides is 2. The van der Waals surface area contributed by atoms with Gasteiger partial charge in [-0.25, -0.2) is 8.78 Å². The van der Waals surface area contributed by atoms with Gasteiger partial charge in [0.1, 0.15) is 17.9 Å². The van der Waals surface area contributed by atoms with Crippen LogP contribution in [0.5, 0.6) is 5.75 Å². The molecule has 39 heavy (non-hydrogen) atoms. The molecular weight excluding hydrogens is 528 g/mol. The number of ketones is 1. The molecule has 2 aromatic carbocycles. The van der Waals surface area contributed by atoms with E-state index in [2.05, 4.69) is 5.32 Å². The molecule has 3 atom stereocenters. The van der Waals surface area contributed by atoms with Gasteiger partial charge >= 0.3 is 0 Å². The van der Waals surface area contributed by atoms with E-state index in [1.807, 2.05) is 0 Å². The predicted octanol–water partition coefficient (Wildman–Crippen LogP) is 5.10. The molecular formula is C29H36ClF2N3O4. The van der Waals surface area contributed by atoms with Crippen LogP contribution < -0.4 is 15.8 Å². The number of methoxy groups -OCH3 is 1. The Kier molecular flexibility index (Phi) is 9.46. The molecule has 1 saturated heterocycles. The van der Waals surface area contributed by atoms with E-state index in [1.54, 1.807) is 35.2 Å². The summed E-state index contributed by atoms with van der Waals surface area (Å²) >= 11 is 6.29. The summed E-state index contributed by atoms with van der Waals surface area (Å²) in [7, 11) is 1.52. The number of aliphatic hydroxyl groups is 1. The highest BCUT2D eigenvalue weighted by molar-refractivity contribution is 6.30. The first-order chi connectivity index (χ1) is 18.7. The molecule has 4 N–H and O–H groups in total. The summed E-state index contributed by atoms with van der Waals surface area (Å²) in [5.74, 6) is -1.04. The Bertz CT molecular complexity index is 1160. The number of amides is 1. The molecule has 2 fully saturated rings. The summed E-state index contributed by atoms with van der Waals surface area (Å²) in [6.07, 6.45) is 0.921. The molecule has 2 aliphatic rings. The van der Waals surface area contributed by atoms with E-state index in [0.29, 0.717) is 47.8 Å². The maximum Gasteiger partial charge on any atom is 0.262 e. The van der Waals surface area contributed by atoms with Crippen molar-refractivity contribution in [2.24, 2.45) is 11.7 Å². The van der Waals surface area contributed by atoms with Crippen molar-refractivity contribution < 1.29 is 28.2 Å². The van der Waals surface area contributed by atoms with Crippen molar-refractivity contribution >= 4 is 29.0 Å². The monoisotopic (exact) mass is 563 g/mol. The lowest BCUT2D eigenvalue weighted by Gasteiger charge is -2.38. The number of carbonyl (C=O) groups is 2. The van der Waals surface area contributed by atoms with Crippen molar-refractivity contribution in [2.75, 3.05) is 19.0 Å². The fourth-order valence-electron chi connectivity index (χ4n) is 6.04. The molecule has 2 aromatic rings. The Balaban J connectivity index is 1.65. The molecule has 1 heterocycles. The number of carbonyl (C=O) groups excluding carboxylic acids is 2. The number of primary amides is 1. The summed E-state index contributed by atoms with van der Waals surface area (Å²) in [6, 6.07) is 9.89. The zero-order valence-electron chi connectivity index (χ0n) is 22.0. The van der Waals surface area contributed by atoms with Crippen LogP contribution in [0.15, 0.2) is 42.5 Å². The van der Waals surface area contributed by atoms with Crippen LogP contribution in [-0.4, -0.2) is 53.4 Å². The maximum absolute atomic E-state index is 14.4. The SMILES string of the molecule is COc1ccc(NC(c2ccc(Cl)cc2CN2CCC[C@]2(C(N)=O)C(=O)[C@H](O)C2CCCCC2)C(F)F)cc1. The van der Waals surface area contributed by atoms with Crippen LogP contribution in [0.2, 0.25) is 5.02 Å². The summed E-state index contributed by atoms with van der Waals surface area (Å²) < 4.78 is 34.0. The Morgan fingerprint density at radius 1 is 1.15 bits per heavy atom. The molecule has 1 saturated carbocycles. The van der Waals surface area contributed by atoms with Gasteiger partial charge in [0.05, 0.1) is 7.11 Å². The molecule has 1 aliphatic heterocycles. The quantitative estimate of drug-likeness (QED) is 0.329. The number of hydrogen-bond acceptors (Lipinski definition) is 6. The Morgan fingerprint density at radius 2 is 1.85 bits per heavy atom. The average Bonchev–Trinajstić information content (AvgIpc) is 3.36. The fourth-order valence-corrected chi connectivity index (χ4v) is 6.24. The Morgan fingerprint density at radius 3 is 2.46 bits per heavy atom. The smallest absolute Gasteiger partial charge is 0.262 e. The number of nitrogens with two attached hydrogens (primary N) is 1. The summed E-state index contributed by atoms with van der Waals surface area (Å²) in [4.78, 5) is 28.3. The van der Waals surface area contributed by atoms with Crippen LogP contribution in [0.25, 0.3) is 0 Å². The molecule has 1 unspecified atom stereocenters. The van der Waals surface area contributed by atoms with E-state index in [-0.39, 0.29) is 24.4 Å². The molecule has 4 rings (SSSR count). The Hall–Kier alpha value is -2.75. The predicted molar refractivity (Wildman–Crippen MR) is 146 cm³/mol. The van der Waals surface area contributed by atoms with Gasteiger partial charge in [0, 0.05) is 23.8 Å². The van der Waals surface area contributed by atoms with Crippen molar-refractivity contribution in [1.82, 2.24) is 4.90 Å². The van der Waals surface area contributed by atoms with Crippen molar-refractivity contribution in [3.63, 3.8) is 0 Å². The van der Waals surface area contributed by atoms with E-state index in [1.165, 1.54) is 19.2 Å². The summed E-state index contributed by atoms with van der Waals surface area (Å²) in [6.45, 7) is 0.346. The number of nitrogens with one attached hydrogen (secondary N) is 1. The number of likely N-dealkylation sites (tertiary alicyclic amines) is 1. The highest BCUT2D eigenvalue weighted by Gasteiger charge is 2.55. The highest BCUT2D eigenvalue weighted by Crippen LogP contribution is 2.38. The van der Waals surface area contributed by atoms with Gasteiger partial charge in [0.25, 0.3) is 6.43 Å². The van der Waals surface area contributed by atoms with Crippen LogP contribution in [0, 0.1) is 5.92 Å². The lowest BCUT2D eigenvalue weighted by atomic mass is 9.77. The standard InChI is InChI=1S/C29H36ClF2N3O4/c1-39-22-11-9-21(10-12-22)34-24(27(31)32)23-13-8-20(30)16-19(23)17-35-15-5-14-29(35,28(33)38)26(37)25(36)18-6-3-2-4-7-18/h8-13,16,18,24-25,27,34,36H,2-7,14-15,17H2,1H3,(H2,33,38)/t24?,25-,29-/m1/s1. The third kappa shape index (κ3) is 6.21. The number of Topliss-reactive ketones (excluding diaryl/α,β-unsaturated/α-hetero) is 1. The second-order valence-electron chi connectivity index (χ2n) is 10.5. The second kappa shape index (κ2) is 12.6. The lowest BCUT2D eigenvalue weighted by molar-refractivity contribution is -0.149. The van der Waals surface area contributed by atoms with Gasteiger partial charge in [-0.2, -0.15) is 0 Å². The molecule has 1 amide bonds. The molecule has 0 aromatic heterocycles. The first-order valence-corrected chi connectivity index (χ1v) is 13.8. The molecule has 10 heteroatoms. The van der Waals surface area contributed by atoms with E-state index >= 15 is 0 Å².